The minimum absolute atomic E-state index is 0.353. The Hall–Kier alpha value is -3.13. The molecule has 112 valence electrons. The largest absolute Gasteiger partial charge is 0.459 e. The van der Waals surface area contributed by atoms with Crippen LogP contribution in [0.2, 0.25) is 0 Å². The third-order valence-corrected chi connectivity index (χ3v) is 4.02. The summed E-state index contributed by atoms with van der Waals surface area (Å²) in [5.41, 5.74) is 2.65. The number of nitrogens with zero attached hydrogens (tertiary/aromatic N) is 4. The molecule has 23 heavy (non-hydrogen) atoms. The molecule has 5 nitrogen and oxygen atoms in total. The fourth-order valence-electron chi connectivity index (χ4n) is 2.89. The molecule has 0 N–H and O–H groups in total. The molecule has 0 spiro atoms. The van der Waals surface area contributed by atoms with Crippen molar-refractivity contribution in [2.45, 2.75) is 13.0 Å². The maximum absolute atomic E-state index is 9.19. The third kappa shape index (κ3) is 2.44. The maximum atomic E-state index is 9.19. The molecule has 0 aliphatic carbocycles. The van der Waals surface area contributed by atoms with Gasteiger partial charge in [-0.05, 0) is 18.1 Å². The molecule has 0 fully saturated rings. The molecular formula is C18H14N4O. The molecule has 0 atom stereocenters. The van der Waals surface area contributed by atoms with Crippen molar-refractivity contribution >= 4 is 5.82 Å². The molecule has 3 aromatic rings. The van der Waals surface area contributed by atoms with Crippen LogP contribution in [0.25, 0.3) is 11.3 Å². The Morgan fingerprint density at radius 3 is 2.78 bits per heavy atom. The average Bonchev–Trinajstić information content (AvgIpc) is 3.05. The molecule has 0 amide bonds. The van der Waals surface area contributed by atoms with Crippen molar-refractivity contribution in [1.82, 2.24) is 9.97 Å². The second kappa shape index (κ2) is 5.58. The van der Waals surface area contributed by atoms with Gasteiger partial charge in [0, 0.05) is 24.5 Å². The fraction of sp³-hybridized carbons (Fsp3) is 0.167. The van der Waals surface area contributed by atoms with Crippen molar-refractivity contribution in [1.29, 1.82) is 5.26 Å². The van der Waals surface area contributed by atoms with E-state index in [4.69, 9.17) is 4.42 Å². The summed E-state index contributed by atoms with van der Waals surface area (Å²) in [6, 6.07) is 14.3. The Morgan fingerprint density at radius 1 is 1.13 bits per heavy atom. The monoisotopic (exact) mass is 302 g/mol. The zero-order chi connectivity index (χ0) is 15.6. The predicted molar refractivity (Wildman–Crippen MR) is 85.6 cm³/mol. The SMILES string of the molecule is N#Cc1nccnc1N1CCc2cc(-c3ccccc3)oc2C1. The van der Waals surface area contributed by atoms with Gasteiger partial charge in [0.05, 0.1) is 6.54 Å². The summed E-state index contributed by atoms with van der Waals surface area (Å²) in [4.78, 5) is 10.4. The van der Waals surface area contributed by atoms with Crippen LogP contribution in [0.3, 0.4) is 0 Å². The molecule has 1 aromatic carbocycles. The minimum atomic E-state index is 0.353. The van der Waals surface area contributed by atoms with Crippen LogP contribution in [0.1, 0.15) is 17.0 Å². The first kappa shape index (κ1) is 13.5. The number of anilines is 1. The molecule has 4 rings (SSSR count). The lowest BCUT2D eigenvalue weighted by Gasteiger charge is -2.26. The van der Waals surface area contributed by atoms with E-state index < -0.39 is 0 Å². The van der Waals surface area contributed by atoms with Crippen molar-refractivity contribution in [3.05, 3.63) is 65.8 Å². The first-order chi connectivity index (χ1) is 11.3. The lowest BCUT2D eigenvalue weighted by atomic mass is 10.1. The summed E-state index contributed by atoms with van der Waals surface area (Å²) in [6.45, 7) is 1.41. The van der Waals surface area contributed by atoms with Gasteiger partial charge in [-0.1, -0.05) is 30.3 Å². The van der Waals surface area contributed by atoms with Gasteiger partial charge < -0.3 is 9.32 Å². The zero-order valence-corrected chi connectivity index (χ0v) is 12.4. The quantitative estimate of drug-likeness (QED) is 0.727. The highest BCUT2D eigenvalue weighted by atomic mass is 16.3. The molecule has 0 saturated heterocycles. The summed E-state index contributed by atoms with van der Waals surface area (Å²) in [7, 11) is 0. The number of aromatic nitrogens is 2. The minimum Gasteiger partial charge on any atom is -0.459 e. The van der Waals surface area contributed by atoms with E-state index in [9.17, 15) is 5.26 Å². The molecule has 0 unspecified atom stereocenters. The molecule has 0 bridgehead atoms. The first-order valence-corrected chi connectivity index (χ1v) is 7.48. The normalized spacial score (nSPS) is 13.4. The van der Waals surface area contributed by atoms with Gasteiger partial charge >= 0.3 is 0 Å². The van der Waals surface area contributed by atoms with Crippen molar-refractivity contribution < 1.29 is 4.42 Å². The first-order valence-electron chi connectivity index (χ1n) is 7.48. The van der Waals surface area contributed by atoms with Gasteiger partial charge in [-0.15, -0.1) is 0 Å². The highest BCUT2D eigenvalue weighted by Gasteiger charge is 2.24. The molecule has 1 aliphatic heterocycles. The second-order valence-corrected chi connectivity index (χ2v) is 5.44. The number of furan rings is 1. The second-order valence-electron chi connectivity index (χ2n) is 5.44. The number of benzene rings is 1. The van der Waals surface area contributed by atoms with E-state index in [0.717, 1.165) is 30.0 Å². The number of nitriles is 1. The van der Waals surface area contributed by atoms with Gasteiger partial charge in [0.15, 0.2) is 11.5 Å². The summed E-state index contributed by atoms with van der Waals surface area (Å²) in [5, 5.41) is 9.19. The van der Waals surface area contributed by atoms with Gasteiger partial charge in [0.1, 0.15) is 17.6 Å². The Labute approximate surface area is 133 Å². The van der Waals surface area contributed by atoms with Crippen LogP contribution < -0.4 is 4.90 Å². The highest BCUT2D eigenvalue weighted by molar-refractivity contribution is 5.60. The smallest absolute Gasteiger partial charge is 0.183 e. The summed E-state index contributed by atoms with van der Waals surface area (Å²) in [6.07, 6.45) is 4.02. The standard InChI is InChI=1S/C18H14N4O/c19-11-15-18(21-8-7-20-15)22-9-6-14-10-16(23-17(14)12-22)13-4-2-1-3-5-13/h1-5,7-8,10H,6,9,12H2. The molecule has 5 heteroatoms. The van der Waals surface area contributed by atoms with Gasteiger partial charge in [-0.3, -0.25) is 0 Å². The van der Waals surface area contributed by atoms with E-state index in [1.54, 1.807) is 6.20 Å². The van der Waals surface area contributed by atoms with E-state index in [1.807, 2.05) is 35.2 Å². The van der Waals surface area contributed by atoms with Crippen molar-refractivity contribution in [2.75, 3.05) is 11.4 Å². The van der Waals surface area contributed by atoms with Crippen LogP contribution in [-0.2, 0) is 13.0 Å². The van der Waals surface area contributed by atoms with Crippen molar-refractivity contribution in [3.8, 4) is 17.4 Å². The van der Waals surface area contributed by atoms with Crippen LogP contribution in [-0.4, -0.2) is 16.5 Å². The van der Waals surface area contributed by atoms with Gasteiger partial charge in [0.2, 0.25) is 0 Å². The van der Waals surface area contributed by atoms with Crippen LogP contribution in [0.5, 0.6) is 0 Å². The lowest BCUT2D eigenvalue weighted by molar-refractivity contribution is 0.495. The molecular weight excluding hydrogens is 288 g/mol. The van der Waals surface area contributed by atoms with Gasteiger partial charge in [0.25, 0.3) is 0 Å². The van der Waals surface area contributed by atoms with E-state index >= 15 is 0 Å². The van der Waals surface area contributed by atoms with E-state index in [1.165, 1.54) is 11.8 Å². The van der Waals surface area contributed by atoms with Crippen LogP contribution in [0.15, 0.2) is 53.2 Å². The summed E-state index contributed by atoms with van der Waals surface area (Å²) in [5.74, 6) is 2.44. The Bertz CT molecular complexity index is 880. The Balaban J connectivity index is 1.65. The number of hydrogen-bond acceptors (Lipinski definition) is 5. The molecule has 0 saturated carbocycles. The molecule has 0 radical (unpaired) electrons. The summed E-state index contributed by atoms with van der Waals surface area (Å²) >= 11 is 0. The van der Waals surface area contributed by atoms with Crippen LogP contribution in [0.4, 0.5) is 5.82 Å². The Morgan fingerprint density at radius 2 is 1.96 bits per heavy atom. The van der Waals surface area contributed by atoms with E-state index in [-0.39, 0.29) is 0 Å². The maximum Gasteiger partial charge on any atom is 0.183 e. The zero-order valence-electron chi connectivity index (χ0n) is 12.4. The third-order valence-electron chi connectivity index (χ3n) is 4.02. The topological polar surface area (TPSA) is 66.0 Å². The van der Waals surface area contributed by atoms with E-state index in [2.05, 4.69) is 22.1 Å². The number of rotatable bonds is 2. The van der Waals surface area contributed by atoms with Gasteiger partial charge in [-0.25, -0.2) is 9.97 Å². The van der Waals surface area contributed by atoms with Crippen molar-refractivity contribution in [3.63, 3.8) is 0 Å². The molecule has 3 heterocycles. The van der Waals surface area contributed by atoms with Crippen molar-refractivity contribution in [2.24, 2.45) is 0 Å². The van der Waals surface area contributed by atoms with Crippen LogP contribution >= 0.6 is 0 Å². The fourth-order valence-corrected chi connectivity index (χ4v) is 2.89. The highest BCUT2D eigenvalue weighted by Crippen LogP contribution is 2.31. The predicted octanol–water partition coefficient (Wildman–Crippen LogP) is 3.17. The lowest BCUT2D eigenvalue weighted by Crippen LogP contribution is -2.31. The van der Waals surface area contributed by atoms with E-state index in [0.29, 0.717) is 18.1 Å². The number of fused-ring (bicyclic) bond motifs is 1. The van der Waals surface area contributed by atoms with Crippen LogP contribution in [0, 0.1) is 11.3 Å². The summed E-state index contributed by atoms with van der Waals surface area (Å²) < 4.78 is 6.04. The average molecular weight is 302 g/mol. The number of hydrogen-bond donors (Lipinski definition) is 0. The Kier molecular flexibility index (Phi) is 3.28. The molecule has 2 aromatic heterocycles. The van der Waals surface area contributed by atoms with Gasteiger partial charge in [-0.2, -0.15) is 5.26 Å². The molecule has 1 aliphatic rings.